The predicted octanol–water partition coefficient (Wildman–Crippen LogP) is 2.85. The number of ether oxygens (including phenoxy) is 1. The van der Waals surface area contributed by atoms with Crippen molar-refractivity contribution in [1.82, 2.24) is 4.98 Å². The maximum Gasteiger partial charge on any atom is 0.123 e. The number of hydrogen-bond acceptors (Lipinski definition) is 4. The fourth-order valence-corrected chi connectivity index (χ4v) is 2.48. The summed E-state index contributed by atoms with van der Waals surface area (Å²) >= 11 is 1.67. The smallest absolute Gasteiger partial charge is 0.123 e. The van der Waals surface area contributed by atoms with Crippen molar-refractivity contribution in [2.75, 3.05) is 12.8 Å². The molecular weight excluding hydrogens is 220 g/mol. The van der Waals surface area contributed by atoms with E-state index in [0.717, 1.165) is 22.0 Å². The summed E-state index contributed by atoms with van der Waals surface area (Å²) in [6.07, 6.45) is 0. The quantitative estimate of drug-likeness (QED) is 0.831. The van der Waals surface area contributed by atoms with Gasteiger partial charge in [-0.05, 0) is 31.2 Å². The molecule has 0 unspecified atom stereocenters. The summed E-state index contributed by atoms with van der Waals surface area (Å²) in [5.74, 6) is 0. The lowest BCUT2D eigenvalue weighted by atomic mass is 10.2. The first-order valence-corrected chi connectivity index (χ1v) is 5.83. The molecule has 3 nitrogen and oxygen atoms in total. The number of hydrogen-bond donors (Lipinski definition) is 1. The standard InChI is InChI=1S/C12H14N2OS/c1-8-11(7-15-2)16-12(14-8)9-3-5-10(13)6-4-9/h3-6H,7,13H2,1-2H3. The zero-order chi connectivity index (χ0) is 11.5. The fourth-order valence-electron chi connectivity index (χ4n) is 1.44. The Kier molecular flexibility index (Phi) is 3.22. The third-order valence-electron chi connectivity index (χ3n) is 2.33. The zero-order valence-electron chi connectivity index (χ0n) is 9.36. The summed E-state index contributed by atoms with van der Waals surface area (Å²) in [5, 5.41) is 1.02. The van der Waals surface area contributed by atoms with E-state index in [-0.39, 0.29) is 0 Å². The minimum Gasteiger partial charge on any atom is -0.399 e. The number of benzene rings is 1. The molecular formula is C12H14N2OS. The molecule has 0 fully saturated rings. The Balaban J connectivity index is 2.33. The summed E-state index contributed by atoms with van der Waals surface area (Å²) in [6.45, 7) is 2.63. The largest absolute Gasteiger partial charge is 0.399 e. The number of nitrogens with zero attached hydrogens (tertiary/aromatic N) is 1. The highest BCUT2D eigenvalue weighted by Gasteiger charge is 2.08. The van der Waals surface area contributed by atoms with E-state index in [4.69, 9.17) is 10.5 Å². The highest BCUT2D eigenvalue weighted by atomic mass is 32.1. The Bertz CT molecular complexity index is 476. The predicted molar refractivity (Wildman–Crippen MR) is 67.4 cm³/mol. The topological polar surface area (TPSA) is 48.1 Å². The average Bonchev–Trinajstić information content (AvgIpc) is 2.62. The Hall–Kier alpha value is -1.39. The van der Waals surface area contributed by atoms with E-state index < -0.39 is 0 Å². The van der Waals surface area contributed by atoms with Crippen molar-refractivity contribution < 1.29 is 4.74 Å². The second-order valence-electron chi connectivity index (χ2n) is 3.58. The van der Waals surface area contributed by atoms with Crippen LogP contribution in [0.25, 0.3) is 10.6 Å². The third kappa shape index (κ3) is 2.23. The number of rotatable bonds is 3. The van der Waals surface area contributed by atoms with E-state index in [2.05, 4.69) is 4.98 Å². The van der Waals surface area contributed by atoms with Crippen LogP contribution in [0.15, 0.2) is 24.3 Å². The van der Waals surface area contributed by atoms with Gasteiger partial charge in [-0.3, -0.25) is 0 Å². The number of methoxy groups -OCH3 is 1. The van der Waals surface area contributed by atoms with E-state index in [9.17, 15) is 0 Å². The molecule has 0 bridgehead atoms. The Morgan fingerprint density at radius 3 is 2.62 bits per heavy atom. The van der Waals surface area contributed by atoms with Crippen molar-refractivity contribution in [3.8, 4) is 10.6 Å². The number of thiazole rings is 1. The van der Waals surface area contributed by atoms with E-state index in [1.165, 1.54) is 4.88 Å². The maximum absolute atomic E-state index is 5.65. The van der Waals surface area contributed by atoms with Crippen LogP contribution in [0.2, 0.25) is 0 Å². The van der Waals surface area contributed by atoms with Gasteiger partial charge in [0.2, 0.25) is 0 Å². The van der Waals surface area contributed by atoms with Crippen molar-refractivity contribution in [3.63, 3.8) is 0 Å². The van der Waals surface area contributed by atoms with Crippen LogP contribution in [0.1, 0.15) is 10.6 Å². The molecule has 2 rings (SSSR count). The molecule has 0 atom stereocenters. The number of nitrogens with two attached hydrogens (primary N) is 1. The van der Waals surface area contributed by atoms with Gasteiger partial charge in [0.05, 0.1) is 17.2 Å². The van der Waals surface area contributed by atoms with Gasteiger partial charge in [0.25, 0.3) is 0 Å². The molecule has 16 heavy (non-hydrogen) atoms. The summed E-state index contributed by atoms with van der Waals surface area (Å²) in [5.41, 5.74) is 8.56. The summed E-state index contributed by atoms with van der Waals surface area (Å²) in [6, 6.07) is 7.76. The van der Waals surface area contributed by atoms with Crippen molar-refractivity contribution in [2.24, 2.45) is 0 Å². The van der Waals surface area contributed by atoms with Crippen LogP contribution >= 0.6 is 11.3 Å². The first kappa shape index (κ1) is 11.1. The second kappa shape index (κ2) is 4.63. The van der Waals surface area contributed by atoms with E-state index >= 15 is 0 Å². The lowest BCUT2D eigenvalue weighted by Gasteiger charge is -1.96. The third-order valence-corrected chi connectivity index (χ3v) is 3.51. The van der Waals surface area contributed by atoms with Crippen molar-refractivity contribution >= 4 is 17.0 Å². The minimum absolute atomic E-state index is 0.623. The van der Waals surface area contributed by atoms with Gasteiger partial charge in [-0.1, -0.05) is 0 Å². The van der Waals surface area contributed by atoms with Crippen molar-refractivity contribution in [1.29, 1.82) is 0 Å². The number of aryl methyl sites for hydroxylation is 1. The number of nitrogen functional groups attached to an aromatic ring is 1. The monoisotopic (exact) mass is 234 g/mol. The molecule has 0 saturated carbocycles. The van der Waals surface area contributed by atoms with Gasteiger partial charge in [-0.15, -0.1) is 11.3 Å². The Morgan fingerprint density at radius 1 is 1.31 bits per heavy atom. The van der Waals surface area contributed by atoms with Gasteiger partial charge in [0, 0.05) is 18.4 Å². The van der Waals surface area contributed by atoms with Crippen LogP contribution in [0.3, 0.4) is 0 Å². The second-order valence-corrected chi connectivity index (χ2v) is 4.67. The molecule has 0 aliphatic rings. The maximum atomic E-state index is 5.65. The average molecular weight is 234 g/mol. The van der Waals surface area contributed by atoms with Crippen LogP contribution < -0.4 is 5.73 Å². The summed E-state index contributed by atoms with van der Waals surface area (Å²) in [7, 11) is 1.70. The van der Waals surface area contributed by atoms with Crippen LogP contribution in [0.5, 0.6) is 0 Å². The molecule has 84 valence electrons. The Labute approximate surface area is 98.9 Å². The van der Waals surface area contributed by atoms with Crippen molar-refractivity contribution in [2.45, 2.75) is 13.5 Å². The minimum atomic E-state index is 0.623. The van der Waals surface area contributed by atoms with E-state index in [1.807, 2.05) is 31.2 Å². The molecule has 0 aliphatic carbocycles. The first-order valence-electron chi connectivity index (χ1n) is 5.02. The molecule has 4 heteroatoms. The molecule has 0 aliphatic heterocycles. The number of aromatic nitrogens is 1. The van der Waals surface area contributed by atoms with Gasteiger partial charge in [0.1, 0.15) is 5.01 Å². The van der Waals surface area contributed by atoms with Crippen LogP contribution in [-0.4, -0.2) is 12.1 Å². The molecule has 0 amide bonds. The Morgan fingerprint density at radius 2 is 2.00 bits per heavy atom. The molecule has 0 spiro atoms. The fraction of sp³-hybridized carbons (Fsp3) is 0.250. The lowest BCUT2D eigenvalue weighted by molar-refractivity contribution is 0.187. The van der Waals surface area contributed by atoms with Crippen LogP contribution in [0, 0.1) is 6.92 Å². The molecule has 2 N–H and O–H groups in total. The molecule has 0 saturated heterocycles. The number of anilines is 1. The van der Waals surface area contributed by atoms with E-state index in [0.29, 0.717) is 6.61 Å². The SMILES string of the molecule is COCc1sc(-c2ccc(N)cc2)nc1C. The van der Waals surface area contributed by atoms with Gasteiger partial charge in [0.15, 0.2) is 0 Å². The first-order chi connectivity index (χ1) is 7.70. The highest BCUT2D eigenvalue weighted by molar-refractivity contribution is 7.15. The zero-order valence-corrected chi connectivity index (χ0v) is 10.2. The summed E-state index contributed by atoms with van der Waals surface area (Å²) in [4.78, 5) is 5.70. The highest BCUT2D eigenvalue weighted by Crippen LogP contribution is 2.28. The van der Waals surface area contributed by atoms with Crippen LogP contribution in [0.4, 0.5) is 5.69 Å². The molecule has 2 aromatic rings. The van der Waals surface area contributed by atoms with Gasteiger partial charge < -0.3 is 10.5 Å². The lowest BCUT2D eigenvalue weighted by Crippen LogP contribution is -1.85. The molecule has 1 heterocycles. The van der Waals surface area contributed by atoms with Crippen molar-refractivity contribution in [3.05, 3.63) is 34.8 Å². The van der Waals surface area contributed by atoms with Crippen LogP contribution in [-0.2, 0) is 11.3 Å². The molecule has 0 radical (unpaired) electrons. The molecule has 1 aromatic heterocycles. The van der Waals surface area contributed by atoms with Gasteiger partial charge in [-0.2, -0.15) is 0 Å². The normalized spacial score (nSPS) is 10.6. The molecule has 1 aromatic carbocycles. The van der Waals surface area contributed by atoms with E-state index in [1.54, 1.807) is 18.4 Å². The van der Waals surface area contributed by atoms with Gasteiger partial charge >= 0.3 is 0 Å². The van der Waals surface area contributed by atoms with Gasteiger partial charge in [-0.25, -0.2) is 4.98 Å². The summed E-state index contributed by atoms with van der Waals surface area (Å²) < 4.78 is 5.13.